The Hall–Kier alpha value is -0.790. The SMILES string of the molecule is CCCC=C(CC)OC=O. The van der Waals surface area contributed by atoms with Crippen molar-refractivity contribution in [3.05, 3.63) is 11.8 Å². The van der Waals surface area contributed by atoms with Gasteiger partial charge in [-0.05, 0) is 12.5 Å². The summed E-state index contributed by atoms with van der Waals surface area (Å²) < 4.78 is 4.67. The first-order chi connectivity index (χ1) is 4.85. The molecule has 0 heterocycles. The van der Waals surface area contributed by atoms with Crippen LogP contribution in [0.4, 0.5) is 0 Å². The Kier molecular flexibility index (Phi) is 5.83. The highest BCUT2D eigenvalue weighted by atomic mass is 16.5. The molecule has 0 aromatic rings. The van der Waals surface area contributed by atoms with E-state index in [2.05, 4.69) is 11.7 Å². The third-order valence-electron chi connectivity index (χ3n) is 1.21. The van der Waals surface area contributed by atoms with Gasteiger partial charge < -0.3 is 4.74 Å². The lowest BCUT2D eigenvalue weighted by Crippen LogP contribution is -1.87. The van der Waals surface area contributed by atoms with Crippen molar-refractivity contribution in [2.45, 2.75) is 33.1 Å². The van der Waals surface area contributed by atoms with Gasteiger partial charge in [-0.25, -0.2) is 0 Å². The standard InChI is InChI=1S/C8H14O2/c1-3-5-6-8(4-2)10-7-9/h6-7H,3-5H2,1-2H3. The van der Waals surface area contributed by atoms with E-state index < -0.39 is 0 Å². The van der Waals surface area contributed by atoms with E-state index in [4.69, 9.17) is 0 Å². The maximum absolute atomic E-state index is 9.87. The van der Waals surface area contributed by atoms with Gasteiger partial charge in [0.1, 0.15) is 5.76 Å². The van der Waals surface area contributed by atoms with E-state index in [0.717, 1.165) is 25.0 Å². The summed E-state index contributed by atoms with van der Waals surface area (Å²) in [6.45, 7) is 4.53. The van der Waals surface area contributed by atoms with Crippen molar-refractivity contribution in [2.24, 2.45) is 0 Å². The molecule has 0 spiro atoms. The van der Waals surface area contributed by atoms with E-state index >= 15 is 0 Å². The van der Waals surface area contributed by atoms with Crippen LogP contribution in [0, 0.1) is 0 Å². The average molecular weight is 142 g/mol. The Bertz CT molecular complexity index is 116. The Labute approximate surface area is 61.9 Å². The van der Waals surface area contributed by atoms with Crippen molar-refractivity contribution in [3.63, 3.8) is 0 Å². The quantitative estimate of drug-likeness (QED) is 0.434. The Morgan fingerprint density at radius 3 is 2.60 bits per heavy atom. The lowest BCUT2D eigenvalue weighted by molar-refractivity contribution is -0.125. The highest BCUT2D eigenvalue weighted by molar-refractivity contribution is 5.39. The van der Waals surface area contributed by atoms with Crippen LogP contribution in [0.25, 0.3) is 0 Å². The number of allylic oxidation sites excluding steroid dienone is 2. The highest BCUT2D eigenvalue weighted by Crippen LogP contribution is 2.03. The molecule has 0 bridgehead atoms. The lowest BCUT2D eigenvalue weighted by atomic mass is 10.2. The molecule has 0 radical (unpaired) electrons. The summed E-state index contributed by atoms with van der Waals surface area (Å²) in [5, 5.41) is 0. The second-order valence-electron chi connectivity index (χ2n) is 2.03. The van der Waals surface area contributed by atoms with Crippen molar-refractivity contribution in [3.8, 4) is 0 Å². The first kappa shape index (κ1) is 9.21. The molecule has 0 saturated heterocycles. The molecule has 0 atom stereocenters. The minimum Gasteiger partial charge on any atom is -0.434 e. The summed E-state index contributed by atoms with van der Waals surface area (Å²) in [5.41, 5.74) is 0. The van der Waals surface area contributed by atoms with Gasteiger partial charge in [-0.2, -0.15) is 0 Å². The van der Waals surface area contributed by atoms with Crippen molar-refractivity contribution in [1.29, 1.82) is 0 Å². The van der Waals surface area contributed by atoms with Gasteiger partial charge in [0.2, 0.25) is 0 Å². The van der Waals surface area contributed by atoms with Crippen LogP contribution in [-0.4, -0.2) is 6.47 Å². The van der Waals surface area contributed by atoms with Gasteiger partial charge in [-0.1, -0.05) is 20.3 Å². The zero-order valence-corrected chi connectivity index (χ0v) is 6.59. The Morgan fingerprint density at radius 1 is 1.50 bits per heavy atom. The first-order valence-corrected chi connectivity index (χ1v) is 3.64. The predicted octanol–water partition coefficient (Wildman–Crippen LogP) is 2.25. The summed E-state index contributed by atoms with van der Waals surface area (Å²) in [6.07, 6.45) is 4.82. The number of unbranched alkanes of at least 4 members (excludes halogenated alkanes) is 1. The van der Waals surface area contributed by atoms with Gasteiger partial charge in [-0.3, -0.25) is 4.79 Å². The maximum Gasteiger partial charge on any atom is 0.298 e. The van der Waals surface area contributed by atoms with Gasteiger partial charge in [0.05, 0.1) is 0 Å². The van der Waals surface area contributed by atoms with Crippen molar-refractivity contribution < 1.29 is 9.53 Å². The molecule has 2 heteroatoms. The molecule has 0 rings (SSSR count). The fraction of sp³-hybridized carbons (Fsp3) is 0.625. The van der Waals surface area contributed by atoms with Crippen LogP contribution in [-0.2, 0) is 9.53 Å². The minimum absolute atomic E-state index is 0.477. The fourth-order valence-electron chi connectivity index (χ4n) is 0.643. The van der Waals surface area contributed by atoms with Crippen LogP contribution in [0.2, 0.25) is 0 Å². The zero-order valence-electron chi connectivity index (χ0n) is 6.59. The van der Waals surface area contributed by atoms with Crippen LogP contribution < -0.4 is 0 Å². The van der Waals surface area contributed by atoms with Crippen molar-refractivity contribution >= 4 is 6.47 Å². The molecule has 0 aliphatic carbocycles. The molecule has 0 aliphatic heterocycles. The van der Waals surface area contributed by atoms with E-state index in [1.54, 1.807) is 0 Å². The second kappa shape index (κ2) is 6.33. The normalized spacial score (nSPS) is 11.2. The molecule has 10 heavy (non-hydrogen) atoms. The topological polar surface area (TPSA) is 26.3 Å². The van der Waals surface area contributed by atoms with Crippen molar-refractivity contribution in [1.82, 2.24) is 0 Å². The summed E-state index contributed by atoms with van der Waals surface area (Å²) in [4.78, 5) is 9.87. The number of hydrogen-bond acceptors (Lipinski definition) is 2. The number of hydrogen-bond donors (Lipinski definition) is 0. The molecule has 58 valence electrons. The number of ether oxygens (including phenoxy) is 1. The van der Waals surface area contributed by atoms with Crippen LogP contribution in [0.15, 0.2) is 11.8 Å². The lowest BCUT2D eigenvalue weighted by Gasteiger charge is -1.98. The second-order valence-corrected chi connectivity index (χ2v) is 2.03. The molecule has 0 aromatic carbocycles. The average Bonchev–Trinajstić information content (AvgIpc) is 1.98. The Morgan fingerprint density at radius 2 is 2.20 bits per heavy atom. The highest BCUT2D eigenvalue weighted by Gasteiger charge is 1.90. The Balaban J connectivity index is 3.65. The largest absolute Gasteiger partial charge is 0.434 e. The van der Waals surface area contributed by atoms with E-state index in [0.29, 0.717) is 6.47 Å². The maximum atomic E-state index is 9.87. The van der Waals surface area contributed by atoms with Gasteiger partial charge in [-0.15, -0.1) is 0 Å². The van der Waals surface area contributed by atoms with Crippen LogP contribution in [0.3, 0.4) is 0 Å². The van der Waals surface area contributed by atoms with Crippen LogP contribution in [0.5, 0.6) is 0 Å². The van der Waals surface area contributed by atoms with Gasteiger partial charge >= 0.3 is 0 Å². The molecule has 0 N–H and O–H groups in total. The molecule has 0 amide bonds. The van der Waals surface area contributed by atoms with E-state index in [1.807, 2.05) is 13.0 Å². The van der Waals surface area contributed by atoms with E-state index in [9.17, 15) is 4.79 Å². The molecule has 2 nitrogen and oxygen atoms in total. The summed E-state index contributed by atoms with van der Waals surface area (Å²) in [7, 11) is 0. The number of carbonyl (C=O) groups excluding carboxylic acids is 1. The minimum atomic E-state index is 0.477. The number of rotatable bonds is 5. The van der Waals surface area contributed by atoms with E-state index in [1.165, 1.54) is 0 Å². The van der Waals surface area contributed by atoms with Crippen LogP contribution in [0.1, 0.15) is 33.1 Å². The van der Waals surface area contributed by atoms with E-state index in [-0.39, 0.29) is 0 Å². The zero-order chi connectivity index (χ0) is 7.82. The predicted molar refractivity (Wildman–Crippen MR) is 40.4 cm³/mol. The van der Waals surface area contributed by atoms with Gasteiger partial charge in [0.15, 0.2) is 0 Å². The number of carbonyl (C=O) groups is 1. The smallest absolute Gasteiger partial charge is 0.298 e. The van der Waals surface area contributed by atoms with Gasteiger partial charge in [0, 0.05) is 6.42 Å². The first-order valence-electron chi connectivity index (χ1n) is 3.64. The molecular weight excluding hydrogens is 128 g/mol. The molecule has 0 fully saturated rings. The summed E-state index contributed by atoms with van der Waals surface area (Å²) in [5.74, 6) is 0.775. The third kappa shape index (κ3) is 4.13. The third-order valence-corrected chi connectivity index (χ3v) is 1.21. The van der Waals surface area contributed by atoms with Gasteiger partial charge in [0.25, 0.3) is 6.47 Å². The molecule has 0 saturated carbocycles. The monoisotopic (exact) mass is 142 g/mol. The molecular formula is C8H14O2. The fourth-order valence-corrected chi connectivity index (χ4v) is 0.643. The van der Waals surface area contributed by atoms with Crippen LogP contribution >= 0.6 is 0 Å². The van der Waals surface area contributed by atoms with Crippen molar-refractivity contribution in [2.75, 3.05) is 0 Å². The molecule has 0 aliphatic rings. The molecule has 0 unspecified atom stereocenters. The summed E-state index contributed by atoms with van der Waals surface area (Å²) in [6, 6.07) is 0. The molecule has 0 aromatic heterocycles. The summed E-state index contributed by atoms with van der Waals surface area (Å²) >= 11 is 0.